The predicted molar refractivity (Wildman–Crippen MR) is 257 cm³/mol. The van der Waals surface area contributed by atoms with Crippen LogP contribution in [0, 0.1) is 80.8 Å². The number of aromatic carboxylic acids is 4. The van der Waals surface area contributed by atoms with E-state index in [9.17, 15) is 60.0 Å². The molecule has 0 fully saturated rings. The molecule has 0 aliphatic rings. The van der Waals surface area contributed by atoms with Crippen molar-refractivity contribution in [2.75, 3.05) is 0 Å². The van der Waals surface area contributed by atoms with Gasteiger partial charge in [-0.05, 0) is 92.6 Å². The number of benzene rings is 4. The Kier molecular flexibility index (Phi) is 63.8. The van der Waals surface area contributed by atoms with Crippen molar-refractivity contribution in [2.45, 2.75) is 0 Å². The summed E-state index contributed by atoms with van der Waals surface area (Å²) in [5.41, 5.74) is -0.908. The van der Waals surface area contributed by atoms with E-state index in [4.69, 9.17) is 0 Å². The van der Waals surface area contributed by atoms with E-state index in [1.54, 1.807) is 0 Å². The number of carboxylic acid groups (broad SMARTS) is 4. The molecule has 52 heteroatoms. The van der Waals surface area contributed by atoms with Crippen molar-refractivity contribution in [3.05, 3.63) is 95.1 Å². The molecule has 84 heavy (non-hydrogen) atoms. The second kappa shape index (κ2) is 51.9. The minimum atomic E-state index is -1.56. The minimum Gasteiger partial charge on any atom is -0.872 e. The van der Waals surface area contributed by atoms with Crippen LogP contribution < -0.4 is 30.6 Å². The van der Waals surface area contributed by atoms with Gasteiger partial charge in [-0.3, -0.25) is 0 Å². The summed E-state index contributed by atoms with van der Waals surface area (Å²) in [6.45, 7) is 0. The van der Waals surface area contributed by atoms with Gasteiger partial charge in [-0.1, -0.05) is 44.0 Å². The van der Waals surface area contributed by atoms with Crippen LogP contribution in [0.25, 0.3) is 0 Å². The molecule has 2 radical (unpaired) electrons. The van der Waals surface area contributed by atoms with Gasteiger partial charge in [0.1, 0.15) is 11.5 Å². The van der Waals surface area contributed by atoms with Crippen molar-refractivity contribution in [3.8, 4) is 23.0 Å². The van der Waals surface area contributed by atoms with E-state index in [2.05, 4.69) is 123 Å². The summed E-state index contributed by atoms with van der Waals surface area (Å²) in [6, 6.07) is 14.2. The van der Waals surface area contributed by atoms with E-state index in [-0.39, 0.29) is 215 Å². The third-order valence-corrected chi connectivity index (χ3v) is 7.12. The zero-order valence-corrected chi connectivity index (χ0v) is 46.4. The fraction of sp³-hybridized carbons (Fsp3) is 0. The van der Waals surface area contributed by atoms with E-state index in [1.165, 1.54) is 36.4 Å². The summed E-state index contributed by atoms with van der Waals surface area (Å²) in [5, 5.41) is 162. The topological polar surface area (TPSA) is 1010 Å². The van der Waals surface area contributed by atoms with Crippen LogP contribution in [0.3, 0.4) is 0 Å². The molecule has 0 saturated heterocycles. The number of tetrazole rings is 4. The summed E-state index contributed by atoms with van der Waals surface area (Å²) >= 11 is 0. The predicted octanol–water partition coefficient (Wildman–Crippen LogP) is -14.7. The van der Waals surface area contributed by atoms with Gasteiger partial charge < -0.3 is 137 Å². The number of nitrogens with zero attached hydrogens (tertiary/aromatic N) is 20. The van der Waals surface area contributed by atoms with Crippen LogP contribution in [0.5, 0.6) is 23.0 Å². The fourth-order valence-corrected chi connectivity index (χ4v) is 4.18. The average molecular weight is 1490 g/mol. The third kappa shape index (κ3) is 32.9. The van der Waals surface area contributed by atoms with Crippen molar-refractivity contribution < 1.29 is 217 Å². The molecule has 0 amide bonds. The number of carbonyl (C=O) groups is 4. The molecule has 0 atom stereocenters. The number of aromatic hydroxyl groups is 2. The van der Waals surface area contributed by atoms with Crippen molar-refractivity contribution >= 4 is 70.4 Å². The molecular formula is C32H52N24O26Sm2+6. The second-order valence-corrected chi connectivity index (χ2v) is 11.6. The number of rotatable bonds is 12. The number of phenols is 2. The van der Waals surface area contributed by atoms with Crippen molar-refractivity contribution in [1.82, 2.24) is 82.5 Å². The van der Waals surface area contributed by atoms with Crippen LogP contribution in [0.2, 0.25) is 0 Å². The van der Waals surface area contributed by atoms with Gasteiger partial charge in [0.25, 0.3) is 0 Å². The number of aromatic amines is 4. The van der Waals surface area contributed by atoms with Crippen molar-refractivity contribution in [3.63, 3.8) is 0 Å². The average Bonchev–Trinajstić information content (AvgIpc) is 4.19. The van der Waals surface area contributed by atoms with E-state index >= 15 is 0 Å². The van der Waals surface area contributed by atoms with Crippen LogP contribution >= 0.6 is 0 Å². The maximum atomic E-state index is 11.1. The van der Waals surface area contributed by atoms with Gasteiger partial charge in [-0.25, -0.2) is 0 Å². The summed E-state index contributed by atoms with van der Waals surface area (Å²) in [6.07, 6.45) is 0. The Hall–Kier alpha value is -9.24. The molecule has 4 heterocycles. The Bertz CT molecular complexity index is 2720. The van der Waals surface area contributed by atoms with Crippen molar-refractivity contribution in [2.24, 2.45) is 40.9 Å². The molecule has 8 rings (SSSR count). The van der Waals surface area contributed by atoms with Gasteiger partial charge in [0.15, 0.2) is 0 Å². The van der Waals surface area contributed by atoms with Crippen molar-refractivity contribution in [1.29, 1.82) is 0 Å². The first-order valence-electron chi connectivity index (χ1n) is 17.4. The molecule has 0 saturated carbocycles. The molecule has 50 nitrogen and oxygen atoms in total. The number of H-pyrrole nitrogens is 4. The Morgan fingerprint density at radius 1 is 0.345 bits per heavy atom. The number of carboxylic acids is 4. The van der Waals surface area contributed by atoms with E-state index < -0.39 is 58.0 Å². The third-order valence-electron chi connectivity index (χ3n) is 7.12. The fourth-order valence-electron chi connectivity index (χ4n) is 4.18. The smallest absolute Gasteiger partial charge is 0.872 e. The largest absolute Gasteiger partial charge is 3.00 e. The number of aromatic nitrogens is 16. The van der Waals surface area contributed by atoms with Gasteiger partial charge >= 0.3 is 105 Å². The molecule has 8 aromatic rings. The second-order valence-electron chi connectivity index (χ2n) is 11.6. The Morgan fingerprint density at radius 2 is 0.548 bits per heavy atom. The van der Waals surface area contributed by atoms with Crippen LogP contribution in [0.15, 0.2) is 114 Å². The summed E-state index contributed by atoms with van der Waals surface area (Å²) in [5.74, 6) is -8.23. The maximum Gasteiger partial charge on any atom is 3.00 e. The molecular weight excluding hydrogens is 1440 g/mol. The Morgan fingerprint density at radius 3 is 0.738 bits per heavy atom. The normalized spacial score (nSPS) is 8.76. The molecule has 462 valence electrons. The Labute approximate surface area is 525 Å². The van der Waals surface area contributed by atoms with Crippen LogP contribution in [0.1, 0.15) is 41.4 Å². The van der Waals surface area contributed by atoms with Crippen LogP contribution in [0.4, 0.5) is 46.5 Å². The molecule has 4 aromatic carbocycles. The van der Waals surface area contributed by atoms with Crippen LogP contribution in [-0.2, 0) is 32.9 Å². The van der Waals surface area contributed by atoms with Gasteiger partial charge in [-0.15, -0.1) is 61.3 Å². The molecule has 4 aromatic heterocycles. The first kappa shape index (κ1) is 103. The summed E-state index contributed by atoms with van der Waals surface area (Å²) < 4.78 is 0. The maximum absolute atomic E-state index is 11.1. The zero-order chi connectivity index (χ0) is 49.0. The quantitative estimate of drug-likeness (QED) is 0.0489. The minimum absolute atomic E-state index is 0. The van der Waals surface area contributed by atoms with Gasteiger partial charge in [-0.2, -0.15) is 20.9 Å². The van der Waals surface area contributed by atoms with Gasteiger partial charge in [0.05, 0.1) is 46.6 Å². The monoisotopic (exact) mass is 1490 g/mol. The Balaban J connectivity index is -0.0000000774. The summed E-state index contributed by atoms with van der Waals surface area (Å²) in [7, 11) is 0. The molecule has 40 N–H and O–H groups in total. The number of azo groups is 4. The standard InChI is InChI=1S/4C8H6N6O3.14H2O.2Sm/c4*15-6-2-1-4(3-5(6)7(16)17)9-10-8-11-13-14-12-8;;;;;;;;;;;;;;;;/h4*1-3,15H,(H,16,17)(H,11,12,13,14);14*1H2;;/q;;;;;;;;;;;;;;;;;;2*+3. The first-order valence-corrected chi connectivity index (χ1v) is 17.4. The van der Waals surface area contributed by atoms with Crippen LogP contribution in [-0.4, -0.2) is 160 Å². The molecule has 0 aliphatic carbocycles. The number of nitrogens with one attached hydrogen (secondary N) is 4. The number of hydrogen-bond acceptors (Lipinski definition) is 32. The van der Waals surface area contributed by atoms with E-state index in [0.717, 1.165) is 36.4 Å². The van der Waals surface area contributed by atoms with Gasteiger partial charge in [0, 0.05) is 11.1 Å². The molecule has 0 aliphatic heterocycles. The molecule has 0 unspecified atom stereocenters. The summed E-state index contributed by atoms with van der Waals surface area (Å²) in [4.78, 5) is 42.4. The zero-order valence-electron chi connectivity index (χ0n) is 41.1. The van der Waals surface area contributed by atoms with Gasteiger partial charge in [0.2, 0.25) is 0 Å². The molecule has 0 bridgehead atoms. The van der Waals surface area contributed by atoms with E-state index in [1.807, 2.05) is 0 Å². The number of carbonyl (C=O) groups excluding carboxylic acids is 4. The first-order chi connectivity index (χ1) is 32.7. The SMILES string of the molecule is O.O.O.O.O.O.O.O.O=C([O-])c1cc(N=Nc2nn[nH]n2)ccc1O.O=C([O-])c1cc(N=Nc2nn[nH]n2)ccc1O.O=C([O-])c1cc(N=Nc2nn[nH]n2)ccc1[O-].O=C([O-])c1cc(N=Nc2nn[nH]n2)ccc1[O-].[OH3+].[OH3+].[OH3+].[OH3+].[OH3+].[OH3+].[Sm+3].[Sm+3]. The number of hydrogen-bond donors (Lipinski definition) is 6. The molecule has 0 spiro atoms. The van der Waals surface area contributed by atoms with E-state index in [0.29, 0.717) is 0 Å².